The molecule has 0 amide bonds. The van der Waals surface area contributed by atoms with Gasteiger partial charge >= 0.3 is 0 Å². The van der Waals surface area contributed by atoms with Crippen molar-refractivity contribution in [3.63, 3.8) is 0 Å². The Balaban J connectivity index is 2.09. The third kappa shape index (κ3) is 2.67. The number of nitrogens with one attached hydrogen (secondary N) is 2. The van der Waals surface area contributed by atoms with Crippen molar-refractivity contribution in [2.75, 3.05) is 5.32 Å². The molecule has 0 aliphatic rings. The molecule has 2 rings (SSSR count). The van der Waals surface area contributed by atoms with Crippen molar-refractivity contribution in [3.8, 4) is 0 Å². The maximum atomic E-state index is 10.7. The number of aromatic nitrogens is 2. The predicted octanol–water partition coefficient (Wildman–Crippen LogP) is 3.00. The number of aryl methyl sites for hydroxylation is 1. The lowest BCUT2D eigenvalue weighted by molar-refractivity contribution is -0.385. The molecular weight excluding hydrogens is 300 g/mol. The molecule has 7 heteroatoms. The average Bonchev–Trinajstić information content (AvgIpc) is 2.72. The van der Waals surface area contributed by atoms with Gasteiger partial charge in [-0.25, -0.2) is 0 Å². The monoisotopic (exact) mass is 310 g/mol. The second-order valence-corrected chi connectivity index (χ2v) is 4.65. The Hall–Kier alpha value is -1.89. The van der Waals surface area contributed by atoms with E-state index in [4.69, 9.17) is 0 Å². The Morgan fingerprint density at radius 2 is 2.33 bits per heavy atom. The van der Waals surface area contributed by atoms with Crippen LogP contribution in [0.1, 0.15) is 11.3 Å². The summed E-state index contributed by atoms with van der Waals surface area (Å²) in [5.41, 5.74) is 2.93. The fourth-order valence-electron chi connectivity index (χ4n) is 1.52. The molecular formula is C11H11BrN4O2. The van der Waals surface area contributed by atoms with E-state index in [-0.39, 0.29) is 5.69 Å². The molecule has 0 saturated carbocycles. The topological polar surface area (TPSA) is 83.8 Å². The summed E-state index contributed by atoms with van der Waals surface area (Å²) in [7, 11) is 0. The van der Waals surface area contributed by atoms with Gasteiger partial charge in [-0.3, -0.25) is 15.2 Å². The number of H-pyrrole nitrogens is 1. The van der Waals surface area contributed by atoms with Gasteiger partial charge in [-0.05, 0) is 35.0 Å². The van der Waals surface area contributed by atoms with E-state index in [0.29, 0.717) is 11.0 Å². The zero-order valence-corrected chi connectivity index (χ0v) is 11.2. The van der Waals surface area contributed by atoms with Crippen molar-refractivity contribution >= 4 is 27.3 Å². The quantitative estimate of drug-likeness (QED) is 0.671. The van der Waals surface area contributed by atoms with Crippen LogP contribution >= 0.6 is 15.9 Å². The molecule has 0 fully saturated rings. The first kappa shape index (κ1) is 12.6. The first-order valence-corrected chi connectivity index (χ1v) is 6.04. The van der Waals surface area contributed by atoms with Gasteiger partial charge in [0.25, 0.3) is 5.69 Å². The summed E-state index contributed by atoms with van der Waals surface area (Å²) in [6.07, 6.45) is 1.75. The Morgan fingerprint density at radius 3 is 2.89 bits per heavy atom. The minimum atomic E-state index is -0.423. The van der Waals surface area contributed by atoms with Gasteiger partial charge in [-0.1, -0.05) is 0 Å². The van der Waals surface area contributed by atoms with Gasteiger partial charge in [0.2, 0.25) is 0 Å². The summed E-state index contributed by atoms with van der Waals surface area (Å²) in [6.45, 7) is 2.56. The summed E-state index contributed by atoms with van der Waals surface area (Å²) in [5, 5.41) is 20.6. The molecule has 0 spiro atoms. The lowest BCUT2D eigenvalue weighted by atomic mass is 10.2. The van der Waals surface area contributed by atoms with Crippen LogP contribution in [-0.4, -0.2) is 15.1 Å². The molecule has 2 aromatic rings. The summed E-state index contributed by atoms with van der Waals surface area (Å²) in [4.78, 5) is 10.2. The van der Waals surface area contributed by atoms with Crippen molar-refractivity contribution < 1.29 is 4.92 Å². The summed E-state index contributed by atoms with van der Waals surface area (Å²) < 4.78 is 0.460. The van der Waals surface area contributed by atoms with Crippen LogP contribution in [0.4, 0.5) is 11.4 Å². The van der Waals surface area contributed by atoms with E-state index in [2.05, 4.69) is 31.4 Å². The molecule has 0 bridgehead atoms. The fraction of sp³-hybridized carbons (Fsp3) is 0.182. The highest BCUT2D eigenvalue weighted by Crippen LogP contribution is 2.27. The van der Waals surface area contributed by atoms with Crippen LogP contribution in [0.5, 0.6) is 0 Å². The van der Waals surface area contributed by atoms with Crippen molar-refractivity contribution in [3.05, 3.63) is 50.2 Å². The third-order valence-electron chi connectivity index (χ3n) is 2.56. The lowest BCUT2D eigenvalue weighted by Gasteiger charge is -2.06. The number of anilines is 1. The minimum Gasteiger partial charge on any atom is -0.381 e. The Bertz CT molecular complexity index is 582. The highest BCUT2D eigenvalue weighted by atomic mass is 79.9. The smallest absolute Gasteiger partial charge is 0.283 e. The van der Waals surface area contributed by atoms with E-state index in [1.54, 1.807) is 18.3 Å². The lowest BCUT2D eigenvalue weighted by Crippen LogP contribution is -2.00. The molecule has 0 radical (unpaired) electrons. The van der Waals surface area contributed by atoms with Gasteiger partial charge < -0.3 is 5.32 Å². The number of nitro groups is 1. The van der Waals surface area contributed by atoms with E-state index < -0.39 is 4.92 Å². The second-order valence-electron chi connectivity index (χ2n) is 3.80. The maximum absolute atomic E-state index is 10.7. The molecule has 94 valence electrons. The molecule has 6 nitrogen and oxygen atoms in total. The van der Waals surface area contributed by atoms with Crippen molar-refractivity contribution in [2.45, 2.75) is 13.5 Å². The highest BCUT2D eigenvalue weighted by molar-refractivity contribution is 9.10. The Labute approximate surface area is 112 Å². The summed E-state index contributed by atoms with van der Waals surface area (Å²) in [6, 6.07) is 4.83. The molecule has 0 aliphatic carbocycles. The first-order chi connectivity index (χ1) is 8.58. The number of rotatable bonds is 4. The van der Waals surface area contributed by atoms with Crippen LogP contribution in [-0.2, 0) is 6.54 Å². The fourth-order valence-corrected chi connectivity index (χ4v) is 2.04. The van der Waals surface area contributed by atoms with Crippen LogP contribution in [0.25, 0.3) is 0 Å². The van der Waals surface area contributed by atoms with E-state index in [9.17, 15) is 10.1 Å². The third-order valence-corrected chi connectivity index (χ3v) is 3.20. The molecule has 0 saturated heterocycles. The number of hydrogen-bond acceptors (Lipinski definition) is 4. The van der Waals surface area contributed by atoms with Gasteiger partial charge in [0.15, 0.2) is 0 Å². The molecule has 0 atom stereocenters. The Morgan fingerprint density at radius 1 is 1.56 bits per heavy atom. The van der Waals surface area contributed by atoms with E-state index in [0.717, 1.165) is 16.9 Å². The van der Waals surface area contributed by atoms with Gasteiger partial charge in [0.05, 0.1) is 15.6 Å². The molecule has 0 aliphatic heterocycles. The normalized spacial score (nSPS) is 10.3. The van der Waals surface area contributed by atoms with E-state index >= 15 is 0 Å². The Kier molecular flexibility index (Phi) is 3.61. The molecule has 1 aromatic heterocycles. The van der Waals surface area contributed by atoms with Crippen molar-refractivity contribution in [1.29, 1.82) is 0 Å². The zero-order valence-electron chi connectivity index (χ0n) is 9.61. The number of nitrogens with zero attached hydrogens (tertiary/aromatic N) is 2. The predicted molar refractivity (Wildman–Crippen MR) is 71.4 cm³/mol. The second kappa shape index (κ2) is 5.18. The number of halogens is 1. The average molecular weight is 311 g/mol. The first-order valence-electron chi connectivity index (χ1n) is 5.24. The van der Waals surface area contributed by atoms with Gasteiger partial charge in [0.1, 0.15) is 0 Å². The number of benzene rings is 1. The molecule has 0 unspecified atom stereocenters. The number of hydrogen-bond donors (Lipinski definition) is 2. The van der Waals surface area contributed by atoms with Crippen LogP contribution in [0.2, 0.25) is 0 Å². The van der Waals surface area contributed by atoms with Crippen molar-refractivity contribution in [2.24, 2.45) is 0 Å². The van der Waals surface area contributed by atoms with Crippen LogP contribution in [0.3, 0.4) is 0 Å². The van der Waals surface area contributed by atoms with Gasteiger partial charge in [-0.15, -0.1) is 0 Å². The summed E-state index contributed by atoms with van der Waals surface area (Å²) in [5.74, 6) is 0. The minimum absolute atomic E-state index is 0.0556. The van der Waals surface area contributed by atoms with Crippen LogP contribution in [0, 0.1) is 17.0 Å². The standard InChI is InChI=1S/C11H11BrN4O2/c1-7-8(6-14-15-7)5-13-9-2-3-11(16(17)18)10(12)4-9/h2-4,6,13H,5H2,1H3,(H,14,15). The van der Waals surface area contributed by atoms with Gasteiger partial charge in [-0.2, -0.15) is 5.10 Å². The van der Waals surface area contributed by atoms with Crippen LogP contribution in [0.15, 0.2) is 28.9 Å². The molecule has 1 heterocycles. The van der Waals surface area contributed by atoms with Crippen LogP contribution < -0.4 is 5.32 Å². The van der Waals surface area contributed by atoms with E-state index in [1.807, 2.05) is 6.92 Å². The maximum Gasteiger partial charge on any atom is 0.283 e. The SMILES string of the molecule is Cc1[nH]ncc1CNc1ccc([N+](=O)[O-])c(Br)c1. The highest BCUT2D eigenvalue weighted by Gasteiger charge is 2.11. The van der Waals surface area contributed by atoms with Crippen molar-refractivity contribution in [1.82, 2.24) is 10.2 Å². The van der Waals surface area contributed by atoms with Gasteiger partial charge in [0, 0.05) is 29.6 Å². The molecule has 2 N–H and O–H groups in total. The summed E-state index contributed by atoms with van der Waals surface area (Å²) >= 11 is 3.18. The number of nitro benzene ring substituents is 1. The molecule has 18 heavy (non-hydrogen) atoms. The largest absolute Gasteiger partial charge is 0.381 e. The molecule has 1 aromatic carbocycles. The number of aromatic amines is 1. The van der Waals surface area contributed by atoms with E-state index in [1.165, 1.54) is 6.07 Å². The zero-order chi connectivity index (χ0) is 13.1.